The summed E-state index contributed by atoms with van der Waals surface area (Å²) in [6.45, 7) is 7.70. The zero-order valence-corrected chi connectivity index (χ0v) is 21.5. The number of carbonyl (C=O) groups is 1. The SMILES string of the molecule is CC(=O)N(c1nc(CSc2nnc(-c3ccc(Cl)cc3)n2C)cs1)c1c(C)cc(C)cc1C. The monoisotopic (exact) mass is 497 g/mol. The van der Waals surface area contributed by atoms with Gasteiger partial charge in [-0.15, -0.1) is 21.5 Å². The standard InChI is InChI=1S/C24H24ClN5OS2/c1-14-10-15(2)21(16(3)11-14)30(17(4)31)23-26-20(12-32-23)13-33-24-28-27-22(29(24)5)18-6-8-19(25)9-7-18/h6-12H,13H2,1-5H3. The van der Waals surface area contributed by atoms with Gasteiger partial charge in [0.25, 0.3) is 0 Å². The van der Waals surface area contributed by atoms with Gasteiger partial charge in [-0.2, -0.15) is 0 Å². The van der Waals surface area contributed by atoms with Gasteiger partial charge in [-0.05, 0) is 56.2 Å². The first-order valence-electron chi connectivity index (χ1n) is 10.4. The summed E-state index contributed by atoms with van der Waals surface area (Å²) in [5.74, 6) is 1.35. The minimum Gasteiger partial charge on any atom is -0.305 e. The van der Waals surface area contributed by atoms with Gasteiger partial charge in [-0.25, -0.2) is 4.98 Å². The van der Waals surface area contributed by atoms with E-state index in [4.69, 9.17) is 16.6 Å². The minimum absolute atomic E-state index is 0.0560. The smallest absolute Gasteiger partial charge is 0.230 e. The second kappa shape index (κ2) is 9.67. The Morgan fingerprint density at radius 2 is 1.79 bits per heavy atom. The van der Waals surface area contributed by atoms with Crippen LogP contribution in [-0.4, -0.2) is 25.7 Å². The molecule has 0 N–H and O–H groups in total. The fraction of sp³-hybridized carbons (Fsp3) is 0.250. The molecule has 4 aromatic rings. The molecule has 0 fully saturated rings. The molecule has 0 bridgehead atoms. The molecule has 0 atom stereocenters. The van der Waals surface area contributed by atoms with E-state index in [1.54, 1.807) is 23.6 Å². The Kier molecular flexibility index (Phi) is 6.88. The average Bonchev–Trinajstić information content (AvgIpc) is 3.36. The molecule has 0 saturated heterocycles. The summed E-state index contributed by atoms with van der Waals surface area (Å²) in [6, 6.07) is 11.7. The average molecular weight is 498 g/mol. The first kappa shape index (κ1) is 23.5. The Bertz CT molecular complexity index is 1290. The quantitative estimate of drug-likeness (QED) is 0.285. The Morgan fingerprint density at radius 1 is 1.12 bits per heavy atom. The minimum atomic E-state index is -0.0560. The van der Waals surface area contributed by atoms with Crippen LogP contribution in [0.2, 0.25) is 5.02 Å². The number of carbonyl (C=O) groups excluding carboxylic acids is 1. The summed E-state index contributed by atoms with van der Waals surface area (Å²) in [7, 11) is 1.94. The summed E-state index contributed by atoms with van der Waals surface area (Å²) in [5, 5.41) is 12.8. The van der Waals surface area contributed by atoms with Crippen molar-refractivity contribution in [3.8, 4) is 11.4 Å². The van der Waals surface area contributed by atoms with E-state index in [0.717, 1.165) is 39.1 Å². The number of benzene rings is 2. The van der Waals surface area contributed by atoms with Crippen molar-refractivity contribution in [2.45, 2.75) is 38.6 Å². The zero-order valence-electron chi connectivity index (χ0n) is 19.1. The Morgan fingerprint density at radius 3 is 2.42 bits per heavy atom. The lowest BCUT2D eigenvalue weighted by Crippen LogP contribution is -2.24. The third kappa shape index (κ3) is 4.98. The Hall–Kier alpha value is -2.68. The molecule has 0 spiro atoms. The molecule has 2 aromatic heterocycles. The Labute approximate surface area is 206 Å². The van der Waals surface area contributed by atoms with Crippen LogP contribution in [0.4, 0.5) is 10.8 Å². The molecule has 1 amide bonds. The topological polar surface area (TPSA) is 63.9 Å². The number of aromatic nitrogens is 4. The van der Waals surface area contributed by atoms with Crippen LogP contribution >= 0.6 is 34.7 Å². The second-order valence-corrected chi connectivity index (χ2v) is 10.1. The van der Waals surface area contributed by atoms with E-state index in [-0.39, 0.29) is 5.91 Å². The van der Waals surface area contributed by atoms with Crippen LogP contribution in [-0.2, 0) is 17.6 Å². The number of anilines is 2. The lowest BCUT2D eigenvalue weighted by molar-refractivity contribution is -0.115. The van der Waals surface area contributed by atoms with E-state index in [2.05, 4.69) is 29.3 Å². The van der Waals surface area contributed by atoms with Crippen LogP contribution in [0.25, 0.3) is 11.4 Å². The van der Waals surface area contributed by atoms with E-state index in [1.807, 2.05) is 55.1 Å². The highest BCUT2D eigenvalue weighted by Gasteiger charge is 2.22. The fourth-order valence-electron chi connectivity index (χ4n) is 3.81. The van der Waals surface area contributed by atoms with Gasteiger partial charge in [0, 0.05) is 35.7 Å². The third-order valence-electron chi connectivity index (χ3n) is 5.19. The van der Waals surface area contributed by atoms with Gasteiger partial charge in [-0.3, -0.25) is 9.69 Å². The van der Waals surface area contributed by atoms with Crippen molar-refractivity contribution in [1.82, 2.24) is 19.7 Å². The van der Waals surface area contributed by atoms with Crippen molar-refractivity contribution in [2.75, 3.05) is 4.90 Å². The van der Waals surface area contributed by atoms with E-state index < -0.39 is 0 Å². The lowest BCUT2D eigenvalue weighted by Gasteiger charge is -2.23. The highest BCUT2D eigenvalue weighted by Crippen LogP contribution is 2.35. The fourth-order valence-corrected chi connectivity index (χ4v) is 5.72. The maximum absolute atomic E-state index is 12.6. The number of amides is 1. The molecule has 2 aromatic carbocycles. The summed E-state index contributed by atoms with van der Waals surface area (Å²) in [4.78, 5) is 19.1. The van der Waals surface area contributed by atoms with Crippen LogP contribution in [0.5, 0.6) is 0 Å². The number of nitrogens with zero attached hydrogens (tertiary/aromatic N) is 5. The number of aryl methyl sites for hydroxylation is 3. The number of thioether (sulfide) groups is 1. The number of halogens is 1. The van der Waals surface area contributed by atoms with Crippen molar-refractivity contribution in [2.24, 2.45) is 7.05 Å². The van der Waals surface area contributed by atoms with Gasteiger partial charge in [0.05, 0.1) is 11.4 Å². The van der Waals surface area contributed by atoms with E-state index >= 15 is 0 Å². The Balaban J connectivity index is 1.53. The maximum atomic E-state index is 12.6. The number of thiazole rings is 1. The predicted octanol–water partition coefficient (Wildman–Crippen LogP) is 6.49. The normalized spacial score (nSPS) is 11.1. The van der Waals surface area contributed by atoms with Crippen LogP contribution in [0.15, 0.2) is 46.9 Å². The highest BCUT2D eigenvalue weighted by atomic mass is 35.5. The van der Waals surface area contributed by atoms with E-state index in [1.165, 1.54) is 16.9 Å². The van der Waals surface area contributed by atoms with Gasteiger partial charge >= 0.3 is 0 Å². The zero-order chi connectivity index (χ0) is 23.7. The molecule has 0 aliphatic heterocycles. The molecule has 0 aliphatic rings. The van der Waals surface area contributed by atoms with Crippen molar-refractivity contribution >= 4 is 51.4 Å². The number of rotatable bonds is 6. The summed E-state index contributed by atoms with van der Waals surface area (Å²) < 4.78 is 1.96. The molecule has 9 heteroatoms. The van der Waals surface area contributed by atoms with Crippen LogP contribution in [0.1, 0.15) is 29.3 Å². The first-order valence-corrected chi connectivity index (χ1v) is 12.6. The molecule has 0 unspecified atom stereocenters. The van der Waals surface area contributed by atoms with Crippen LogP contribution in [0, 0.1) is 20.8 Å². The molecule has 33 heavy (non-hydrogen) atoms. The lowest BCUT2D eigenvalue weighted by atomic mass is 10.0. The van der Waals surface area contributed by atoms with Crippen molar-refractivity contribution < 1.29 is 4.79 Å². The molecule has 6 nitrogen and oxygen atoms in total. The largest absolute Gasteiger partial charge is 0.305 e. The van der Waals surface area contributed by atoms with Gasteiger partial charge < -0.3 is 4.57 Å². The third-order valence-corrected chi connectivity index (χ3v) is 7.37. The van der Waals surface area contributed by atoms with Gasteiger partial charge in [0.1, 0.15) is 0 Å². The molecular formula is C24H24ClN5OS2. The van der Waals surface area contributed by atoms with E-state index in [9.17, 15) is 4.79 Å². The van der Waals surface area contributed by atoms with Gasteiger partial charge in [0.15, 0.2) is 16.1 Å². The number of hydrogen-bond acceptors (Lipinski definition) is 6. The second-order valence-electron chi connectivity index (χ2n) is 7.88. The molecule has 0 radical (unpaired) electrons. The van der Waals surface area contributed by atoms with Gasteiger partial charge in [0.2, 0.25) is 5.91 Å². The predicted molar refractivity (Wildman–Crippen MR) is 137 cm³/mol. The molecular weight excluding hydrogens is 474 g/mol. The molecule has 2 heterocycles. The summed E-state index contributed by atoms with van der Waals surface area (Å²) in [6.07, 6.45) is 0. The van der Waals surface area contributed by atoms with Crippen molar-refractivity contribution in [3.05, 3.63) is 69.2 Å². The highest BCUT2D eigenvalue weighted by molar-refractivity contribution is 7.98. The van der Waals surface area contributed by atoms with Gasteiger partial charge in [-0.1, -0.05) is 41.1 Å². The molecule has 4 rings (SSSR count). The first-order chi connectivity index (χ1) is 15.7. The number of hydrogen-bond donors (Lipinski definition) is 0. The summed E-state index contributed by atoms with van der Waals surface area (Å²) in [5.41, 5.74) is 6.05. The molecule has 0 aliphatic carbocycles. The molecule has 0 saturated carbocycles. The van der Waals surface area contributed by atoms with Crippen LogP contribution < -0.4 is 4.90 Å². The maximum Gasteiger partial charge on any atom is 0.230 e. The molecule has 170 valence electrons. The van der Waals surface area contributed by atoms with Crippen molar-refractivity contribution in [1.29, 1.82) is 0 Å². The summed E-state index contributed by atoms with van der Waals surface area (Å²) >= 11 is 9.02. The van der Waals surface area contributed by atoms with E-state index in [0.29, 0.717) is 15.9 Å². The van der Waals surface area contributed by atoms with Crippen LogP contribution in [0.3, 0.4) is 0 Å². The van der Waals surface area contributed by atoms with Crippen molar-refractivity contribution in [3.63, 3.8) is 0 Å².